The van der Waals surface area contributed by atoms with Crippen LogP contribution in [0.15, 0.2) is 77.7 Å². The van der Waals surface area contributed by atoms with E-state index in [2.05, 4.69) is 5.32 Å². The van der Waals surface area contributed by atoms with Gasteiger partial charge in [-0.25, -0.2) is 8.42 Å². The highest BCUT2D eigenvalue weighted by Crippen LogP contribution is 2.42. The Balaban J connectivity index is 1.62. The minimum Gasteiger partial charge on any atom is -0.325 e. The van der Waals surface area contributed by atoms with Gasteiger partial charge in [0.1, 0.15) is 6.54 Å². The Morgan fingerprint density at radius 3 is 2.13 bits per heavy atom. The summed E-state index contributed by atoms with van der Waals surface area (Å²) in [6.07, 6.45) is -4.48. The molecule has 3 aromatic rings. The van der Waals surface area contributed by atoms with E-state index in [1.807, 2.05) is 0 Å². The van der Waals surface area contributed by atoms with E-state index in [1.54, 1.807) is 42.5 Å². The van der Waals surface area contributed by atoms with Crippen LogP contribution in [0.4, 0.5) is 24.5 Å². The van der Waals surface area contributed by atoms with Gasteiger partial charge in [0.25, 0.3) is 10.0 Å². The molecule has 0 spiro atoms. The van der Waals surface area contributed by atoms with Gasteiger partial charge in [0.15, 0.2) is 0 Å². The molecule has 0 atom stereocenters. The summed E-state index contributed by atoms with van der Waals surface area (Å²) in [7, 11) is -3.99. The van der Waals surface area contributed by atoms with Crippen molar-refractivity contribution in [3.05, 3.63) is 78.4 Å². The van der Waals surface area contributed by atoms with Crippen LogP contribution in [-0.4, -0.2) is 20.9 Å². The van der Waals surface area contributed by atoms with Crippen molar-refractivity contribution in [1.29, 1.82) is 0 Å². The third-order valence-electron chi connectivity index (χ3n) is 4.70. The fraction of sp³-hybridized carbons (Fsp3) is 0.0952. The van der Waals surface area contributed by atoms with Gasteiger partial charge in [-0.2, -0.15) is 13.2 Å². The Hall–Kier alpha value is -3.33. The first kappa shape index (κ1) is 20.0. The second-order valence-corrected chi connectivity index (χ2v) is 8.48. The lowest BCUT2D eigenvalue weighted by Crippen LogP contribution is -2.40. The van der Waals surface area contributed by atoms with Crippen LogP contribution in [-0.2, 0) is 21.0 Å². The summed E-state index contributed by atoms with van der Waals surface area (Å²) in [5.74, 6) is -0.674. The van der Waals surface area contributed by atoms with Crippen LogP contribution < -0.4 is 9.62 Å². The number of para-hydroxylation sites is 1. The number of alkyl halides is 3. The molecule has 1 aliphatic rings. The summed E-state index contributed by atoms with van der Waals surface area (Å²) in [5, 5.41) is 2.45. The van der Waals surface area contributed by atoms with Crippen molar-refractivity contribution in [2.45, 2.75) is 11.1 Å². The van der Waals surface area contributed by atoms with E-state index in [1.165, 1.54) is 6.07 Å². The number of fused-ring (bicyclic) bond motifs is 3. The average molecular weight is 432 g/mol. The number of hydrogen-bond acceptors (Lipinski definition) is 3. The summed E-state index contributed by atoms with van der Waals surface area (Å²) in [4.78, 5) is 12.6. The minimum atomic E-state index is -4.48. The Labute approximate surface area is 170 Å². The first-order chi connectivity index (χ1) is 14.2. The lowest BCUT2D eigenvalue weighted by atomic mass is 10.0. The van der Waals surface area contributed by atoms with Crippen molar-refractivity contribution in [3.8, 4) is 11.1 Å². The fourth-order valence-electron chi connectivity index (χ4n) is 3.32. The van der Waals surface area contributed by atoms with Gasteiger partial charge >= 0.3 is 6.18 Å². The number of carbonyl (C=O) groups is 1. The average Bonchev–Trinajstić information content (AvgIpc) is 2.71. The fourth-order valence-corrected chi connectivity index (χ4v) is 4.97. The van der Waals surface area contributed by atoms with E-state index in [-0.39, 0.29) is 10.6 Å². The number of rotatable bonds is 3. The highest BCUT2D eigenvalue weighted by molar-refractivity contribution is 7.93. The van der Waals surface area contributed by atoms with E-state index in [9.17, 15) is 26.4 Å². The van der Waals surface area contributed by atoms with Gasteiger partial charge < -0.3 is 5.32 Å². The van der Waals surface area contributed by atoms with Crippen molar-refractivity contribution in [2.24, 2.45) is 0 Å². The smallest absolute Gasteiger partial charge is 0.325 e. The topological polar surface area (TPSA) is 66.5 Å². The van der Waals surface area contributed by atoms with Crippen LogP contribution in [0.1, 0.15) is 5.56 Å². The van der Waals surface area contributed by atoms with Crippen LogP contribution in [0.25, 0.3) is 11.1 Å². The number of carbonyl (C=O) groups excluding carboxylic acids is 1. The van der Waals surface area contributed by atoms with Crippen molar-refractivity contribution in [1.82, 2.24) is 0 Å². The molecule has 1 aliphatic heterocycles. The molecule has 9 heteroatoms. The zero-order valence-electron chi connectivity index (χ0n) is 15.3. The maximum absolute atomic E-state index is 13.1. The number of amides is 1. The summed E-state index contributed by atoms with van der Waals surface area (Å²) >= 11 is 0. The molecular weight excluding hydrogens is 417 g/mol. The molecule has 0 radical (unpaired) electrons. The third-order valence-corrected chi connectivity index (χ3v) is 6.52. The van der Waals surface area contributed by atoms with Crippen molar-refractivity contribution >= 4 is 27.3 Å². The molecule has 3 aromatic carbocycles. The molecule has 0 saturated carbocycles. The largest absolute Gasteiger partial charge is 0.416 e. The number of hydrogen-bond donors (Lipinski definition) is 1. The van der Waals surface area contributed by atoms with Crippen molar-refractivity contribution in [2.75, 3.05) is 16.2 Å². The monoisotopic (exact) mass is 432 g/mol. The number of halogens is 3. The van der Waals surface area contributed by atoms with Gasteiger partial charge in [0, 0.05) is 16.8 Å². The SMILES string of the molecule is O=C(CN1c2ccccc2-c2ccccc2S1(=O)=O)Nc1ccc(C(F)(F)F)cc1. The van der Waals surface area contributed by atoms with Gasteiger partial charge in [-0.1, -0.05) is 36.4 Å². The molecule has 154 valence electrons. The molecule has 1 heterocycles. The van der Waals surface area contributed by atoms with Crippen molar-refractivity contribution < 1.29 is 26.4 Å². The molecule has 1 N–H and O–H groups in total. The minimum absolute atomic E-state index is 0.0889. The van der Waals surface area contributed by atoms with Gasteiger partial charge in [-0.3, -0.25) is 9.10 Å². The maximum Gasteiger partial charge on any atom is 0.416 e. The molecule has 30 heavy (non-hydrogen) atoms. The second-order valence-electron chi connectivity index (χ2n) is 6.65. The highest BCUT2D eigenvalue weighted by Gasteiger charge is 2.35. The van der Waals surface area contributed by atoms with Gasteiger partial charge in [0.05, 0.1) is 16.1 Å². The summed E-state index contributed by atoms with van der Waals surface area (Å²) in [5.41, 5.74) is 0.872. The van der Waals surface area contributed by atoms with Crippen LogP contribution in [0.5, 0.6) is 0 Å². The van der Waals surface area contributed by atoms with Gasteiger partial charge in [-0.15, -0.1) is 0 Å². The summed E-state index contributed by atoms with van der Waals surface area (Å²) in [6.45, 7) is -0.519. The number of benzene rings is 3. The van der Waals surface area contributed by atoms with E-state index in [0.29, 0.717) is 16.8 Å². The molecule has 0 aromatic heterocycles. The molecule has 0 aliphatic carbocycles. The Kier molecular flexibility index (Phi) is 4.77. The summed E-state index contributed by atoms with van der Waals surface area (Å²) in [6, 6.07) is 17.3. The summed E-state index contributed by atoms with van der Waals surface area (Å²) < 4.78 is 65.3. The van der Waals surface area contributed by atoms with E-state index < -0.39 is 34.2 Å². The van der Waals surface area contributed by atoms with Crippen LogP contribution >= 0.6 is 0 Å². The zero-order valence-corrected chi connectivity index (χ0v) is 16.2. The highest BCUT2D eigenvalue weighted by atomic mass is 32.2. The molecule has 0 unspecified atom stereocenters. The first-order valence-electron chi connectivity index (χ1n) is 8.86. The molecule has 0 bridgehead atoms. The molecule has 4 rings (SSSR count). The standard InChI is InChI=1S/C21H15F3N2O3S/c22-21(23,24)14-9-11-15(12-10-14)25-20(27)13-26-18-7-3-1-5-16(18)17-6-2-4-8-19(17)30(26,28)29/h1-12H,13H2,(H,25,27). The first-order valence-corrected chi connectivity index (χ1v) is 10.3. The Morgan fingerprint density at radius 1 is 0.867 bits per heavy atom. The molecule has 0 fully saturated rings. The number of anilines is 2. The molecule has 5 nitrogen and oxygen atoms in total. The maximum atomic E-state index is 13.1. The number of nitrogens with zero attached hydrogens (tertiary/aromatic N) is 1. The lowest BCUT2D eigenvalue weighted by molar-refractivity contribution is -0.137. The normalized spacial score (nSPS) is 14.6. The quantitative estimate of drug-likeness (QED) is 0.662. The number of nitrogens with one attached hydrogen (secondary N) is 1. The van der Waals surface area contributed by atoms with E-state index in [4.69, 9.17) is 0 Å². The van der Waals surface area contributed by atoms with Crippen LogP contribution in [0, 0.1) is 0 Å². The predicted molar refractivity (Wildman–Crippen MR) is 106 cm³/mol. The zero-order chi connectivity index (χ0) is 21.5. The van der Waals surface area contributed by atoms with E-state index >= 15 is 0 Å². The van der Waals surface area contributed by atoms with Crippen LogP contribution in [0.2, 0.25) is 0 Å². The molecule has 0 saturated heterocycles. The second kappa shape index (κ2) is 7.17. The molecule has 1 amide bonds. The number of sulfonamides is 1. The van der Waals surface area contributed by atoms with Crippen molar-refractivity contribution in [3.63, 3.8) is 0 Å². The Morgan fingerprint density at radius 2 is 1.47 bits per heavy atom. The molecular formula is C21H15F3N2O3S. The van der Waals surface area contributed by atoms with Gasteiger partial charge in [-0.05, 0) is 36.4 Å². The van der Waals surface area contributed by atoms with E-state index in [0.717, 1.165) is 28.6 Å². The Bertz CT molecular complexity index is 1220. The van der Waals surface area contributed by atoms with Crippen LogP contribution in [0.3, 0.4) is 0 Å². The van der Waals surface area contributed by atoms with Gasteiger partial charge in [0.2, 0.25) is 5.91 Å². The third kappa shape index (κ3) is 3.52. The predicted octanol–water partition coefficient (Wildman–Crippen LogP) is 4.52. The lowest BCUT2D eigenvalue weighted by Gasteiger charge is -2.31.